The highest BCUT2D eigenvalue weighted by Crippen LogP contribution is 2.41. The van der Waals surface area contributed by atoms with E-state index in [1.165, 1.54) is 11.8 Å². The maximum absolute atomic E-state index is 13.4. The van der Waals surface area contributed by atoms with Gasteiger partial charge < -0.3 is 37.2 Å². The molecule has 8 N–H and O–H groups in total. The standard InChI is InChI=1S/C27H31N11O7S2/c1-30-8-4-10-37-14-5-2-9-36(19(14)33-25(37)28)11-13-12-46-22-16(21(40)38(22)17(13)23(41)42)31-20(39)15(18-32-26(29)47-35-18)34-45-27(24(43)44)6-3-7-27/h2,5,9,16,22,28,30H,3-4,6-8,10-12H2,1H3,(H5,29,31,32,35,39,41,42,43,44)/p+1. The molecule has 2 aliphatic heterocycles. The summed E-state index contributed by atoms with van der Waals surface area (Å²) in [7, 11) is 1.87. The first-order valence-corrected chi connectivity index (χ1v) is 16.5. The Morgan fingerprint density at radius 3 is 2.68 bits per heavy atom. The first-order valence-electron chi connectivity index (χ1n) is 14.6. The number of nitrogens with one attached hydrogen (secondary N) is 2. The van der Waals surface area contributed by atoms with E-state index in [0.29, 0.717) is 30.1 Å². The van der Waals surface area contributed by atoms with Crippen LogP contribution in [0.15, 0.2) is 34.8 Å². The zero-order valence-electron chi connectivity index (χ0n) is 25.1. The number of nitrogens with two attached hydrogens (primary N) is 2. The van der Waals surface area contributed by atoms with Crippen LogP contribution in [-0.4, -0.2) is 99.8 Å². The summed E-state index contributed by atoms with van der Waals surface area (Å²) in [6.07, 6.45) is 3.62. The number of nitrogens with zero attached hydrogens (tertiary/aromatic N) is 7. The van der Waals surface area contributed by atoms with E-state index < -0.39 is 46.5 Å². The molecule has 3 aromatic heterocycles. The molecule has 3 aromatic rings. The van der Waals surface area contributed by atoms with Crippen molar-refractivity contribution in [3.05, 3.63) is 35.4 Å². The maximum Gasteiger partial charge on any atom is 0.352 e. The number of β-lactam (4-membered cyclic amide) rings is 1. The Labute approximate surface area is 275 Å². The number of anilines is 2. The van der Waals surface area contributed by atoms with E-state index in [2.05, 4.69) is 30.1 Å². The van der Waals surface area contributed by atoms with E-state index in [0.717, 1.165) is 34.9 Å². The number of carbonyl (C=O) groups is 4. The Hall–Kier alpha value is -4.82. The molecule has 3 aliphatic rings. The van der Waals surface area contributed by atoms with Gasteiger partial charge in [-0.15, -0.1) is 11.8 Å². The number of carbonyl (C=O) groups excluding carboxylic acids is 2. The third-order valence-electron chi connectivity index (χ3n) is 8.25. The van der Waals surface area contributed by atoms with Crippen LogP contribution in [0, 0.1) is 0 Å². The fourth-order valence-corrected chi connectivity index (χ4v) is 7.41. The second-order valence-electron chi connectivity index (χ2n) is 11.2. The third-order valence-corrected chi connectivity index (χ3v) is 10.1. The number of aromatic nitrogens is 5. The van der Waals surface area contributed by atoms with Crippen molar-refractivity contribution in [2.75, 3.05) is 30.8 Å². The summed E-state index contributed by atoms with van der Waals surface area (Å²) in [5.74, 6) is -3.66. The highest BCUT2D eigenvalue weighted by Gasteiger charge is 2.55. The van der Waals surface area contributed by atoms with Gasteiger partial charge in [0, 0.05) is 42.2 Å². The van der Waals surface area contributed by atoms with E-state index in [-0.39, 0.29) is 41.8 Å². The number of oxime groups is 1. The third kappa shape index (κ3) is 5.82. The van der Waals surface area contributed by atoms with E-state index in [1.54, 1.807) is 10.8 Å². The molecule has 0 aromatic carbocycles. The van der Waals surface area contributed by atoms with Crippen LogP contribution >= 0.6 is 23.3 Å². The van der Waals surface area contributed by atoms with Crippen molar-refractivity contribution in [1.82, 2.24) is 34.4 Å². The second kappa shape index (κ2) is 12.8. The number of imidazole rings is 1. The summed E-state index contributed by atoms with van der Waals surface area (Å²) in [6, 6.07) is 2.62. The highest BCUT2D eigenvalue weighted by atomic mass is 32.2. The van der Waals surface area contributed by atoms with Crippen molar-refractivity contribution in [3.8, 4) is 0 Å². The molecule has 6 rings (SSSR count). The zero-order valence-corrected chi connectivity index (χ0v) is 26.7. The SMILES string of the molecule is CNCCCn1c(N)nc2c1ccc[n+]2CC1=C(C(=O)O)N2C(=O)C(NC(=O)C(=NOC3(C(=O)O)CCC3)c3nsc(N)n3)C2SC1. The minimum atomic E-state index is -1.58. The Balaban J connectivity index is 1.22. The normalized spacial score (nSPS) is 20.4. The van der Waals surface area contributed by atoms with Gasteiger partial charge >= 0.3 is 23.5 Å². The largest absolute Gasteiger partial charge is 0.478 e. The lowest BCUT2D eigenvalue weighted by atomic mass is 9.80. The van der Waals surface area contributed by atoms with Crippen LogP contribution in [0.3, 0.4) is 0 Å². The van der Waals surface area contributed by atoms with Crippen LogP contribution in [0.4, 0.5) is 11.1 Å². The summed E-state index contributed by atoms with van der Waals surface area (Å²) in [5, 5.41) is 28.6. The van der Waals surface area contributed by atoms with Gasteiger partial charge in [0.2, 0.25) is 17.1 Å². The molecule has 2 fully saturated rings. The monoisotopic (exact) mass is 686 g/mol. The number of carboxylic acid groups (broad SMARTS) is 2. The number of pyridine rings is 1. The minimum absolute atomic E-state index is 0.0337. The molecule has 5 heterocycles. The number of thioether (sulfide) groups is 1. The number of aryl methyl sites for hydroxylation is 1. The number of fused-ring (bicyclic) bond motifs is 2. The van der Waals surface area contributed by atoms with Gasteiger partial charge in [-0.05, 0) is 43.6 Å². The van der Waals surface area contributed by atoms with E-state index in [1.807, 2.05) is 23.7 Å². The van der Waals surface area contributed by atoms with Gasteiger partial charge in [-0.25, -0.2) is 14.2 Å². The lowest BCUT2D eigenvalue weighted by Crippen LogP contribution is -2.71. The highest BCUT2D eigenvalue weighted by molar-refractivity contribution is 8.00. The van der Waals surface area contributed by atoms with Crippen LogP contribution in [-0.2, 0) is 37.1 Å². The number of rotatable bonds is 13. The van der Waals surface area contributed by atoms with Crippen molar-refractivity contribution in [2.45, 2.75) is 55.8 Å². The molecule has 0 spiro atoms. The van der Waals surface area contributed by atoms with Crippen molar-refractivity contribution in [2.24, 2.45) is 5.16 Å². The molecule has 1 saturated carbocycles. The van der Waals surface area contributed by atoms with Crippen LogP contribution < -0.4 is 26.7 Å². The van der Waals surface area contributed by atoms with E-state index >= 15 is 0 Å². The molecule has 2 atom stereocenters. The van der Waals surface area contributed by atoms with Gasteiger partial charge in [-0.3, -0.25) is 19.1 Å². The number of hydrogen-bond acceptors (Lipinski definition) is 14. The molecule has 1 aliphatic carbocycles. The fourth-order valence-electron chi connectivity index (χ4n) is 5.64. The van der Waals surface area contributed by atoms with Crippen LogP contribution in [0.5, 0.6) is 0 Å². The fraction of sp³-hybridized carbons (Fsp3) is 0.444. The van der Waals surface area contributed by atoms with Gasteiger partial charge in [-0.2, -0.15) is 9.36 Å². The molecule has 0 radical (unpaired) electrons. The van der Waals surface area contributed by atoms with Gasteiger partial charge in [0.1, 0.15) is 29.2 Å². The Morgan fingerprint density at radius 2 is 2.04 bits per heavy atom. The molecule has 18 nitrogen and oxygen atoms in total. The van der Waals surface area contributed by atoms with Crippen LogP contribution in [0.1, 0.15) is 31.5 Å². The number of amides is 2. The maximum atomic E-state index is 13.4. The average Bonchev–Trinajstić information content (AvgIpc) is 3.59. The van der Waals surface area contributed by atoms with E-state index in [9.17, 15) is 29.4 Å². The smallest absolute Gasteiger partial charge is 0.352 e. The summed E-state index contributed by atoms with van der Waals surface area (Å²) in [4.78, 5) is 66.1. The topological polar surface area (TPSA) is 257 Å². The molecule has 1 saturated heterocycles. The Morgan fingerprint density at radius 1 is 1.26 bits per heavy atom. The van der Waals surface area contributed by atoms with Gasteiger partial charge in [0.05, 0.1) is 6.20 Å². The molecular weight excluding hydrogens is 655 g/mol. The average molecular weight is 687 g/mol. The molecule has 20 heteroatoms. The quantitative estimate of drug-likeness (QED) is 0.0420. The second-order valence-corrected chi connectivity index (χ2v) is 13.1. The lowest BCUT2D eigenvalue weighted by molar-refractivity contribution is -0.664. The first-order chi connectivity index (χ1) is 22.5. The molecule has 2 amide bonds. The minimum Gasteiger partial charge on any atom is -0.478 e. The predicted molar refractivity (Wildman–Crippen MR) is 169 cm³/mol. The summed E-state index contributed by atoms with van der Waals surface area (Å²) >= 11 is 2.08. The Kier molecular flexibility index (Phi) is 8.72. The van der Waals surface area contributed by atoms with E-state index in [4.69, 9.17) is 16.3 Å². The van der Waals surface area contributed by atoms with Gasteiger partial charge in [0.25, 0.3) is 11.8 Å². The van der Waals surface area contributed by atoms with Crippen LogP contribution in [0.2, 0.25) is 0 Å². The lowest BCUT2D eigenvalue weighted by Gasteiger charge is -2.49. The van der Waals surface area contributed by atoms with Crippen molar-refractivity contribution in [3.63, 3.8) is 0 Å². The molecule has 47 heavy (non-hydrogen) atoms. The molecular formula is C27H32N11O7S2+. The Bertz CT molecular complexity index is 1830. The summed E-state index contributed by atoms with van der Waals surface area (Å²) in [6.45, 7) is 1.59. The molecule has 248 valence electrons. The number of hydrogen-bond donors (Lipinski definition) is 6. The summed E-state index contributed by atoms with van der Waals surface area (Å²) < 4.78 is 7.69. The predicted octanol–water partition coefficient (Wildman–Crippen LogP) is -0.884. The number of nitrogen functional groups attached to an aromatic ring is 2. The van der Waals surface area contributed by atoms with Crippen molar-refractivity contribution in [1.29, 1.82) is 0 Å². The molecule has 0 bridgehead atoms. The van der Waals surface area contributed by atoms with Crippen molar-refractivity contribution < 1.29 is 38.8 Å². The van der Waals surface area contributed by atoms with Gasteiger partial charge in [0.15, 0.2) is 5.13 Å². The molecule has 2 unspecified atom stereocenters. The summed E-state index contributed by atoms with van der Waals surface area (Å²) in [5.41, 5.74) is 11.6. The number of carboxylic acids is 2. The van der Waals surface area contributed by atoms with Gasteiger partial charge in [-0.1, -0.05) is 5.16 Å². The number of aliphatic carboxylic acids is 2. The first kappa shape index (κ1) is 32.1. The zero-order chi connectivity index (χ0) is 33.5. The van der Waals surface area contributed by atoms with Crippen molar-refractivity contribution >= 4 is 75.0 Å². The van der Waals surface area contributed by atoms with Crippen LogP contribution in [0.25, 0.3) is 11.2 Å².